The number of hydrogen-bond acceptors (Lipinski definition) is 3. The lowest BCUT2D eigenvalue weighted by molar-refractivity contribution is 0.558. The van der Waals surface area contributed by atoms with Crippen LogP contribution in [0, 0.1) is 6.92 Å². The lowest BCUT2D eigenvalue weighted by atomic mass is 10.2. The normalized spacial score (nSPS) is 12.6. The molecule has 0 amide bonds. The molecule has 0 bridgehead atoms. The highest BCUT2D eigenvalue weighted by Gasteiger charge is 2.18. The third kappa shape index (κ3) is 3.80. The van der Waals surface area contributed by atoms with Gasteiger partial charge < -0.3 is 9.41 Å². The van der Waals surface area contributed by atoms with Crippen LogP contribution in [0.25, 0.3) is 0 Å². The van der Waals surface area contributed by atoms with Gasteiger partial charge in [0, 0.05) is 0 Å². The Morgan fingerprint density at radius 1 is 1.30 bits per heavy atom. The Hall–Kier alpha value is -1.88. The number of benzene rings is 1. The molecule has 1 heterocycles. The Balaban J connectivity index is 2.39. The van der Waals surface area contributed by atoms with Gasteiger partial charge >= 0.3 is 0 Å². The first-order valence-corrected chi connectivity index (χ1v) is 10.1. The van der Waals surface area contributed by atoms with Crippen LogP contribution in [0.15, 0.2) is 35.7 Å². The second-order valence-corrected chi connectivity index (χ2v) is 10.3. The Labute approximate surface area is 121 Å². The van der Waals surface area contributed by atoms with E-state index in [1.54, 1.807) is 12.5 Å². The average molecular weight is 287 g/mol. The molecule has 0 unspecified atom stereocenters. The summed E-state index contributed by atoms with van der Waals surface area (Å²) in [5, 5.41) is 0. The molecule has 1 aromatic heterocycles. The maximum Gasteiger partial charge on any atom is 0.242 e. The van der Waals surface area contributed by atoms with Gasteiger partial charge in [-0.3, -0.25) is 0 Å². The van der Waals surface area contributed by atoms with Crippen LogP contribution in [0.2, 0.25) is 19.6 Å². The van der Waals surface area contributed by atoms with E-state index >= 15 is 0 Å². The molecule has 2 rings (SSSR count). The summed E-state index contributed by atoms with van der Waals surface area (Å²) < 4.78 is 6.14. The second kappa shape index (κ2) is 5.62. The maximum absolute atomic E-state index is 6.14. The summed E-state index contributed by atoms with van der Waals surface area (Å²) in [7, 11) is -1.66. The molecule has 5 heteroatoms. The van der Waals surface area contributed by atoms with Crippen molar-refractivity contribution in [2.24, 2.45) is 4.99 Å². The molecule has 0 aliphatic rings. The van der Waals surface area contributed by atoms with Crippen molar-refractivity contribution in [1.29, 1.82) is 0 Å². The topological polar surface area (TPSA) is 50.3 Å². The number of aliphatic imine (C=N–C) groups is 1. The van der Waals surface area contributed by atoms with Crippen LogP contribution >= 0.6 is 0 Å². The number of aromatic amines is 1. The molecule has 0 atom stereocenters. The number of imidazole rings is 1. The summed E-state index contributed by atoms with van der Waals surface area (Å²) in [5.74, 6) is 0.864. The van der Waals surface area contributed by atoms with E-state index < -0.39 is 8.32 Å². The first-order valence-electron chi connectivity index (χ1n) is 6.69. The van der Waals surface area contributed by atoms with E-state index in [0.717, 1.165) is 22.8 Å². The van der Waals surface area contributed by atoms with Gasteiger partial charge in [0.15, 0.2) is 0 Å². The lowest BCUT2D eigenvalue weighted by Crippen LogP contribution is -2.29. The van der Waals surface area contributed by atoms with Crippen LogP contribution in [-0.4, -0.2) is 24.0 Å². The molecule has 0 radical (unpaired) electrons. The first-order chi connectivity index (χ1) is 9.35. The summed E-state index contributed by atoms with van der Waals surface area (Å²) in [6, 6.07) is 6.11. The van der Waals surface area contributed by atoms with E-state index in [4.69, 9.17) is 4.43 Å². The first kappa shape index (κ1) is 14.5. The third-order valence-electron chi connectivity index (χ3n) is 2.71. The van der Waals surface area contributed by atoms with Crippen molar-refractivity contribution in [2.75, 3.05) is 0 Å². The molecule has 0 saturated heterocycles. The van der Waals surface area contributed by atoms with Crippen LogP contribution in [0.3, 0.4) is 0 Å². The SMILES string of the molecule is CC(=Nc1ccc(C)cc1O[Si](C)(C)C)c1cnc[nH]1. The average Bonchev–Trinajstić information content (AvgIpc) is 2.84. The molecular weight excluding hydrogens is 266 g/mol. The van der Waals surface area contributed by atoms with E-state index in [2.05, 4.69) is 53.7 Å². The number of hydrogen-bond donors (Lipinski definition) is 1. The molecule has 4 nitrogen and oxygen atoms in total. The zero-order valence-electron chi connectivity index (χ0n) is 12.7. The van der Waals surface area contributed by atoms with Gasteiger partial charge in [-0.15, -0.1) is 0 Å². The summed E-state index contributed by atoms with van der Waals surface area (Å²) >= 11 is 0. The van der Waals surface area contributed by atoms with Gasteiger partial charge in [0.05, 0.1) is 23.9 Å². The Kier molecular flexibility index (Phi) is 4.08. The van der Waals surface area contributed by atoms with Gasteiger partial charge in [-0.2, -0.15) is 0 Å². The molecule has 0 aliphatic heterocycles. The fraction of sp³-hybridized carbons (Fsp3) is 0.333. The Morgan fingerprint density at radius 2 is 2.05 bits per heavy atom. The van der Waals surface area contributed by atoms with Crippen molar-refractivity contribution in [3.63, 3.8) is 0 Å². The van der Waals surface area contributed by atoms with Gasteiger partial charge in [-0.25, -0.2) is 9.98 Å². The predicted molar refractivity (Wildman–Crippen MR) is 85.6 cm³/mol. The largest absolute Gasteiger partial charge is 0.543 e. The minimum absolute atomic E-state index is 0.864. The highest BCUT2D eigenvalue weighted by molar-refractivity contribution is 6.70. The van der Waals surface area contributed by atoms with Crippen molar-refractivity contribution in [3.8, 4) is 5.75 Å². The summed E-state index contributed by atoms with van der Waals surface area (Å²) in [5.41, 5.74) is 3.86. The van der Waals surface area contributed by atoms with Crippen molar-refractivity contribution >= 4 is 19.7 Å². The summed E-state index contributed by atoms with van der Waals surface area (Å²) in [6.07, 6.45) is 3.43. The standard InChI is InChI=1S/C15H21N3OSi/c1-11-6-7-13(15(8-11)19-20(3,4)5)18-12(2)14-9-16-10-17-14/h6-10H,1-5H3,(H,16,17). The van der Waals surface area contributed by atoms with E-state index in [-0.39, 0.29) is 0 Å². The number of nitrogens with zero attached hydrogens (tertiary/aromatic N) is 2. The van der Waals surface area contributed by atoms with Crippen LogP contribution in [0.4, 0.5) is 5.69 Å². The van der Waals surface area contributed by atoms with E-state index in [1.807, 2.05) is 13.0 Å². The lowest BCUT2D eigenvalue weighted by Gasteiger charge is -2.21. The quantitative estimate of drug-likeness (QED) is 0.680. The van der Waals surface area contributed by atoms with Crippen LogP contribution < -0.4 is 4.43 Å². The van der Waals surface area contributed by atoms with Crippen LogP contribution in [-0.2, 0) is 0 Å². The number of aryl methyl sites for hydroxylation is 1. The molecular formula is C15H21N3OSi. The Morgan fingerprint density at radius 3 is 2.65 bits per heavy atom. The minimum atomic E-state index is -1.66. The monoisotopic (exact) mass is 287 g/mol. The molecule has 2 aromatic rings. The summed E-state index contributed by atoms with van der Waals surface area (Å²) in [4.78, 5) is 11.8. The van der Waals surface area contributed by atoms with E-state index in [0.29, 0.717) is 0 Å². The minimum Gasteiger partial charge on any atom is -0.543 e. The predicted octanol–water partition coefficient (Wildman–Crippen LogP) is 4.07. The fourth-order valence-corrected chi connectivity index (χ4v) is 2.64. The fourth-order valence-electron chi connectivity index (χ4n) is 1.82. The van der Waals surface area contributed by atoms with Gasteiger partial charge in [0.25, 0.3) is 0 Å². The molecule has 1 N–H and O–H groups in total. The van der Waals surface area contributed by atoms with Gasteiger partial charge in [-0.05, 0) is 51.2 Å². The van der Waals surface area contributed by atoms with Gasteiger partial charge in [-0.1, -0.05) is 6.07 Å². The van der Waals surface area contributed by atoms with Crippen molar-refractivity contribution < 1.29 is 4.43 Å². The zero-order chi connectivity index (χ0) is 14.8. The second-order valence-electron chi connectivity index (χ2n) is 5.85. The number of nitrogens with one attached hydrogen (secondary N) is 1. The van der Waals surface area contributed by atoms with Crippen molar-refractivity contribution in [3.05, 3.63) is 42.0 Å². The van der Waals surface area contributed by atoms with Crippen molar-refractivity contribution in [2.45, 2.75) is 33.5 Å². The van der Waals surface area contributed by atoms with Gasteiger partial charge in [0.1, 0.15) is 11.4 Å². The summed E-state index contributed by atoms with van der Waals surface area (Å²) in [6.45, 7) is 10.5. The molecule has 0 aliphatic carbocycles. The van der Waals surface area contributed by atoms with E-state index in [9.17, 15) is 0 Å². The number of H-pyrrole nitrogens is 1. The van der Waals surface area contributed by atoms with Gasteiger partial charge in [0.2, 0.25) is 8.32 Å². The third-order valence-corrected chi connectivity index (χ3v) is 3.54. The number of aromatic nitrogens is 2. The highest BCUT2D eigenvalue weighted by atomic mass is 28.4. The van der Waals surface area contributed by atoms with Crippen LogP contribution in [0.5, 0.6) is 5.75 Å². The molecule has 20 heavy (non-hydrogen) atoms. The molecule has 0 saturated carbocycles. The number of rotatable bonds is 4. The van der Waals surface area contributed by atoms with Crippen LogP contribution in [0.1, 0.15) is 18.2 Å². The maximum atomic E-state index is 6.14. The highest BCUT2D eigenvalue weighted by Crippen LogP contribution is 2.31. The molecule has 0 fully saturated rings. The molecule has 0 spiro atoms. The zero-order valence-corrected chi connectivity index (χ0v) is 13.7. The van der Waals surface area contributed by atoms with E-state index in [1.165, 1.54) is 5.56 Å². The van der Waals surface area contributed by atoms with Crippen molar-refractivity contribution in [1.82, 2.24) is 9.97 Å². The smallest absolute Gasteiger partial charge is 0.242 e. The molecule has 106 valence electrons. The Bertz CT molecular complexity index is 613. The molecule has 1 aromatic carbocycles.